The highest BCUT2D eigenvalue weighted by molar-refractivity contribution is 5.27. The van der Waals surface area contributed by atoms with Gasteiger partial charge >= 0.3 is 0 Å². The van der Waals surface area contributed by atoms with Gasteiger partial charge in [-0.3, -0.25) is 4.98 Å². The van der Waals surface area contributed by atoms with E-state index in [1.807, 2.05) is 18.3 Å². The van der Waals surface area contributed by atoms with Crippen LogP contribution in [-0.4, -0.2) is 11.1 Å². The predicted molar refractivity (Wildman–Crippen MR) is 47.3 cm³/mol. The van der Waals surface area contributed by atoms with Crippen molar-refractivity contribution in [2.75, 3.05) is 0 Å². The minimum atomic E-state index is 0.472. The Hall–Kier alpha value is -1.05. The van der Waals surface area contributed by atoms with Crippen LogP contribution in [0.3, 0.4) is 0 Å². The molecule has 0 radical (unpaired) electrons. The van der Waals surface area contributed by atoms with Gasteiger partial charge in [0.1, 0.15) is 5.75 Å². The van der Waals surface area contributed by atoms with Gasteiger partial charge in [0.15, 0.2) is 0 Å². The lowest BCUT2D eigenvalue weighted by atomic mass is 10.3. The lowest BCUT2D eigenvalue weighted by Crippen LogP contribution is -2.00. The van der Waals surface area contributed by atoms with Gasteiger partial charge in [-0.05, 0) is 31.4 Å². The van der Waals surface area contributed by atoms with Gasteiger partial charge in [-0.1, -0.05) is 6.92 Å². The summed E-state index contributed by atoms with van der Waals surface area (Å²) in [5.74, 6) is 0.975. The van der Waals surface area contributed by atoms with Gasteiger partial charge in [0.25, 0.3) is 0 Å². The molecule has 0 spiro atoms. The van der Waals surface area contributed by atoms with Gasteiger partial charge in [-0.15, -0.1) is 0 Å². The van der Waals surface area contributed by atoms with E-state index >= 15 is 0 Å². The number of hydrogen-bond donors (Lipinski definition) is 0. The first-order chi connectivity index (χ1) is 5.90. The van der Waals surface area contributed by atoms with Crippen LogP contribution < -0.4 is 4.74 Å². The molecule has 0 atom stereocenters. The summed E-state index contributed by atoms with van der Waals surface area (Å²) in [6.07, 6.45) is 5.65. The molecule has 1 aromatic rings. The van der Waals surface area contributed by atoms with Crippen molar-refractivity contribution in [3.63, 3.8) is 0 Å². The molecular formula is C10H13NO. The number of ether oxygens (including phenoxy) is 1. The van der Waals surface area contributed by atoms with Crippen LogP contribution in [0.4, 0.5) is 0 Å². The first-order valence-electron chi connectivity index (χ1n) is 4.50. The van der Waals surface area contributed by atoms with Gasteiger partial charge in [0, 0.05) is 6.20 Å². The van der Waals surface area contributed by atoms with Gasteiger partial charge in [0.2, 0.25) is 0 Å². The number of rotatable bonds is 3. The molecule has 0 aliphatic heterocycles. The first kappa shape index (κ1) is 7.59. The highest BCUT2D eigenvalue weighted by Gasteiger charge is 2.24. The molecule has 0 amide bonds. The second kappa shape index (κ2) is 3.13. The van der Waals surface area contributed by atoms with Crippen molar-refractivity contribution < 1.29 is 4.74 Å². The second-order valence-electron chi connectivity index (χ2n) is 3.12. The summed E-state index contributed by atoms with van der Waals surface area (Å²) in [7, 11) is 0. The molecular weight excluding hydrogens is 150 g/mol. The van der Waals surface area contributed by atoms with E-state index in [4.69, 9.17) is 4.74 Å². The van der Waals surface area contributed by atoms with Crippen LogP contribution >= 0.6 is 0 Å². The van der Waals surface area contributed by atoms with E-state index in [1.165, 1.54) is 12.8 Å². The predicted octanol–water partition coefficient (Wildman–Crippen LogP) is 2.19. The Kier molecular flexibility index (Phi) is 1.98. The fourth-order valence-corrected chi connectivity index (χ4v) is 1.16. The molecule has 0 bridgehead atoms. The Bertz CT molecular complexity index is 268. The van der Waals surface area contributed by atoms with Gasteiger partial charge in [-0.25, -0.2) is 0 Å². The number of aryl methyl sites for hydroxylation is 1. The highest BCUT2D eigenvalue weighted by Crippen LogP contribution is 2.28. The van der Waals surface area contributed by atoms with E-state index in [0.717, 1.165) is 17.9 Å². The summed E-state index contributed by atoms with van der Waals surface area (Å²) in [6, 6.07) is 3.93. The average molecular weight is 163 g/mol. The van der Waals surface area contributed by atoms with E-state index in [-0.39, 0.29) is 0 Å². The smallest absolute Gasteiger partial charge is 0.141 e. The van der Waals surface area contributed by atoms with E-state index < -0.39 is 0 Å². The van der Waals surface area contributed by atoms with Crippen LogP contribution in [0.1, 0.15) is 25.5 Å². The highest BCUT2D eigenvalue weighted by atomic mass is 16.5. The maximum atomic E-state index is 5.68. The molecule has 2 rings (SSSR count). The van der Waals surface area contributed by atoms with Crippen molar-refractivity contribution in [3.8, 4) is 5.75 Å². The molecule has 0 saturated heterocycles. The molecule has 2 nitrogen and oxygen atoms in total. The van der Waals surface area contributed by atoms with Crippen molar-refractivity contribution in [1.82, 2.24) is 4.98 Å². The maximum Gasteiger partial charge on any atom is 0.141 e. The standard InChI is InChI=1S/C10H13NO/c1-2-9-10(4-3-7-11-9)12-8-5-6-8/h3-4,7-8H,2,5-6H2,1H3. The van der Waals surface area contributed by atoms with Crippen molar-refractivity contribution >= 4 is 0 Å². The third-order valence-electron chi connectivity index (χ3n) is 2.00. The maximum absolute atomic E-state index is 5.68. The van der Waals surface area contributed by atoms with Crippen LogP contribution in [-0.2, 0) is 6.42 Å². The molecule has 0 N–H and O–H groups in total. The summed E-state index contributed by atoms with van der Waals surface area (Å²) in [4.78, 5) is 4.25. The van der Waals surface area contributed by atoms with Crippen LogP contribution in [0.2, 0.25) is 0 Å². The summed E-state index contributed by atoms with van der Waals surface area (Å²) in [6.45, 7) is 2.10. The largest absolute Gasteiger partial charge is 0.489 e. The molecule has 1 fully saturated rings. The number of nitrogens with zero attached hydrogens (tertiary/aromatic N) is 1. The molecule has 2 heteroatoms. The summed E-state index contributed by atoms with van der Waals surface area (Å²) in [5.41, 5.74) is 1.07. The zero-order chi connectivity index (χ0) is 8.39. The molecule has 64 valence electrons. The lowest BCUT2D eigenvalue weighted by Gasteiger charge is -2.07. The average Bonchev–Trinajstić information content (AvgIpc) is 2.89. The van der Waals surface area contributed by atoms with Gasteiger partial charge in [0.05, 0.1) is 11.8 Å². The minimum absolute atomic E-state index is 0.472. The Morgan fingerprint density at radius 3 is 3.08 bits per heavy atom. The number of aromatic nitrogens is 1. The number of pyridine rings is 1. The summed E-state index contributed by atoms with van der Waals surface area (Å²) < 4.78 is 5.68. The Morgan fingerprint density at radius 1 is 1.58 bits per heavy atom. The topological polar surface area (TPSA) is 22.1 Å². The van der Waals surface area contributed by atoms with Crippen LogP contribution in [0.15, 0.2) is 18.3 Å². The molecule has 0 unspecified atom stereocenters. The Morgan fingerprint density at radius 2 is 2.42 bits per heavy atom. The molecule has 12 heavy (non-hydrogen) atoms. The second-order valence-corrected chi connectivity index (χ2v) is 3.12. The Balaban J connectivity index is 2.15. The summed E-state index contributed by atoms with van der Waals surface area (Å²) >= 11 is 0. The van der Waals surface area contributed by atoms with Crippen molar-refractivity contribution in [2.24, 2.45) is 0 Å². The summed E-state index contributed by atoms with van der Waals surface area (Å²) in [5, 5.41) is 0. The van der Waals surface area contributed by atoms with E-state index in [0.29, 0.717) is 6.10 Å². The SMILES string of the molecule is CCc1ncccc1OC1CC1. The van der Waals surface area contributed by atoms with Crippen LogP contribution in [0, 0.1) is 0 Å². The van der Waals surface area contributed by atoms with Crippen molar-refractivity contribution in [3.05, 3.63) is 24.0 Å². The van der Waals surface area contributed by atoms with Crippen LogP contribution in [0.25, 0.3) is 0 Å². The third kappa shape index (κ3) is 1.58. The van der Waals surface area contributed by atoms with E-state index in [2.05, 4.69) is 11.9 Å². The fraction of sp³-hybridized carbons (Fsp3) is 0.500. The van der Waals surface area contributed by atoms with Crippen molar-refractivity contribution in [2.45, 2.75) is 32.3 Å². The molecule has 1 saturated carbocycles. The van der Waals surface area contributed by atoms with Crippen LogP contribution in [0.5, 0.6) is 5.75 Å². The monoisotopic (exact) mass is 163 g/mol. The third-order valence-corrected chi connectivity index (χ3v) is 2.00. The normalized spacial score (nSPS) is 16.1. The van der Waals surface area contributed by atoms with Gasteiger partial charge < -0.3 is 4.74 Å². The van der Waals surface area contributed by atoms with E-state index in [1.54, 1.807) is 0 Å². The van der Waals surface area contributed by atoms with Gasteiger partial charge in [-0.2, -0.15) is 0 Å². The first-order valence-corrected chi connectivity index (χ1v) is 4.50. The van der Waals surface area contributed by atoms with Crippen molar-refractivity contribution in [1.29, 1.82) is 0 Å². The fourth-order valence-electron chi connectivity index (χ4n) is 1.16. The molecule has 1 aliphatic rings. The lowest BCUT2D eigenvalue weighted by molar-refractivity contribution is 0.298. The quantitative estimate of drug-likeness (QED) is 0.681. The molecule has 1 aromatic heterocycles. The molecule has 1 aliphatic carbocycles. The number of hydrogen-bond acceptors (Lipinski definition) is 2. The molecule has 0 aromatic carbocycles. The zero-order valence-electron chi connectivity index (χ0n) is 7.29. The molecule has 1 heterocycles. The van der Waals surface area contributed by atoms with E-state index in [9.17, 15) is 0 Å². The zero-order valence-corrected chi connectivity index (χ0v) is 7.29. The Labute approximate surface area is 72.6 Å². The minimum Gasteiger partial charge on any atom is -0.489 e.